The zero-order valence-electron chi connectivity index (χ0n) is 16.9. The summed E-state index contributed by atoms with van der Waals surface area (Å²) in [7, 11) is 2.21. The van der Waals surface area contributed by atoms with Gasteiger partial charge in [-0.3, -0.25) is 4.90 Å². The lowest BCUT2D eigenvalue weighted by molar-refractivity contribution is 0.269. The van der Waals surface area contributed by atoms with Crippen LogP contribution in [-0.4, -0.2) is 49.0 Å². The first-order valence-corrected chi connectivity index (χ1v) is 9.71. The zero-order chi connectivity index (χ0) is 19.1. The molecule has 1 aliphatic rings. The molecule has 3 rings (SSSR count). The molecule has 0 spiro atoms. The number of hydrogen-bond donors (Lipinski definition) is 2. The van der Waals surface area contributed by atoms with Crippen molar-refractivity contribution in [2.75, 3.05) is 38.5 Å². The highest BCUT2D eigenvalue weighted by molar-refractivity contribution is 14.0. The predicted octanol–water partition coefficient (Wildman–Crippen LogP) is 3.68. The maximum absolute atomic E-state index is 6.00. The van der Waals surface area contributed by atoms with E-state index in [4.69, 9.17) is 5.73 Å². The molecule has 0 aromatic heterocycles. The summed E-state index contributed by atoms with van der Waals surface area (Å²) < 4.78 is 0. The third-order valence-corrected chi connectivity index (χ3v) is 5.00. The van der Waals surface area contributed by atoms with Gasteiger partial charge in [-0.1, -0.05) is 42.0 Å². The van der Waals surface area contributed by atoms with Gasteiger partial charge in [-0.25, -0.2) is 4.99 Å². The van der Waals surface area contributed by atoms with Gasteiger partial charge in [-0.2, -0.15) is 0 Å². The van der Waals surface area contributed by atoms with E-state index in [0.29, 0.717) is 12.5 Å². The first-order chi connectivity index (χ1) is 13.1. The average molecular weight is 493 g/mol. The molecule has 1 fully saturated rings. The van der Waals surface area contributed by atoms with Gasteiger partial charge in [0.05, 0.1) is 6.54 Å². The summed E-state index contributed by atoms with van der Waals surface area (Å²) in [6.07, 6.45) is 1.25. The van der Waals surface area contributed by atoms with Crippen LogP contribution < -0.4 is 11.1 Å². The van der Waals surface area contributed by atoms with Crippen LogP contribution in [0.1, 0.15) is 23.1 Å². The lowest BCUT2D eigenvalue weighted by atomic mass is 10.1. The molecule has 6 heteroatoms. The fourth-order valence-corrected chi connectivity index (χ4v) is 3.27. The third-order valence-electron chi connectivity index (χ3n) is 5.00. The first-order valence-electron chi connectivity index (χ1n) is 9.71. The molecular weight excluding hydrogens is 461 g/mol. The van der Waals surface area contributed by atoms with Gasteiger partial charge in [-0.05, 0) is 56.7 Å². The number of rotatable bonds is 5. The number of guanidine groups is 1. The van der Waals surface area contributed by atoms with Gasteiger partial charge in [0.25, 0.3) is 0 Å². The molecule has 0 aliphatic carbocycles. The topological polar surface area (TPSA) is 56.9 Å². The molecule has 0 radical (unpaired) electrons. The van der Waals surface area contributed by atoms with E-state index in [1.165, 1.54) is 36.2 Å². The van der Waals surface area contributed by atoms with Gasteiger partial charge >= 0.3 is 0 Å². The molecule has 2 aromatic rings. The van der Waals surface area contributed by atoms with E-state index < -0.39 is 0 Å². The lowest BCUT2D eigenvalue weighted by Gasteiger charge is -2.20. The average Bonchev–Trinajstić information content (AvgIpc) is 2.87. The summed E-state index contributed by atoms with van der Waals surface area (Å²) in [5, 5.41) is 3.13. The zero-order valence-corrected chi connectivity index (χ0v) is 19.2. The van der Waals surface area contributed by atoms with E-state index in [0.717, 1.165) is 25.3 Å². The normalized spacial score (nSPS) is 16.3. The maximum atomic E-state index is 6.00. The molecule has 0 bridgehead atoms. The number of anilines is 1. The van der Waals surface area contributed by atoms with Crippen LogP contribution in [0.4, 0.5) is 5.69 Å². The van der Waals surface area contributed by atoms with Crippen molar-refractivity contribution in [3.05, 3.63) is 65.2 Å². The highest BCUT2D eigenvalue weighted by Crippen LogP contribution is 2.11. The second-order valence-electron chi connectivity index (χ2n) is 7.44. The van der Waals surface area contributed by atoms with Crippen LogP contribution in [0.5, 0.6) is 0 Å². The van der Waals surface area contributed by atoms with Crippen LogP contribution >= 0.6 is 24.0 Å². The van der Waals surface area contributed by atoms with Crippen LogP contribution in [0.2, 0.25) is 0 Å². The Balaban J connectivity index is 0.00000280. The van der Waals surface area contributed by atoms with Crippen molar-refractivity contribution in [2.45, 2.75) is 26.4 Å². The smallest absolute Gasteiger partial charge is 0.193 e. The minimum absolute atomic E-state index is 0. The number of likely N-dealkylation sites (N-methyl/N-ethyl adjacent to an activating group) is 1. The van der Waals surface area contributed by atoms with Gasteiger partial charge < -0.3 is 16.0 Å². The van der Waals surface area contributed by atoms with Crippen LogP contribution in [0.3, 0.4) is 0 Å². The summed E-state index contributed by atoms with van der Waals surface area (Å²) in [5.41, 5.74) is 10.7. The van der Waals surface area contributed by atoms with E-state index in [-0.39, 0.29) is 24.0 Å². The fraction of sp³-hybridized carbons (Fsp3) is 0.409. The number of aliphatic imine (C=N–C) groups is 1. The Hall–Kier alpha value is -1.64. The van der Waals surface area contributed by atoms with Gasteiger partial charge in [0.2, 0.25) is 0 Å². The van der Waals surface area contributed by atoms with E-state index in [9.17, 15) is 0 Å². The molecule has 152 valence electrons. The number of nitrogens with two attached hydrogens (primary N) is 1. The number of nitrogens with zero attached hydrogens (tertiary/aromatic N) is 3. The summed E-state index contributed by atoms with van der Waals surface area (Å²) in [6.45, 7) is 8.34. The number of aryl methyl sites for hydroxylation is 1. The Bertz CT molecular complexity index is 743. The highest BCUT2D eigenvalue weighted by atomic mass is 127. The molecule has 1 saturated heterocycles. The van der Waals surface area contributed by atoms with Crippen LogP contribution in [-0.2, 0) is 13.1 Å². The highest BCUT2D eigenvalue weighted by Gasteiger charge is 2.12. The Labute approximate surface area is 186 Å². The lowest BCUT2D eigenvalue weighted by Crippen LogP contribution is -2.28. The summed E-state index contributed by atoms with van der Waals surface area (Å²) >= 11 is 0. The van der Waals surface area contributed by atoms with Crippen molar-refractivity contribution in [2.24, 2.45) is 10.7 Å². The van der Waals surface area contributed by atoms with Crippen LogP contribution in [0.15, 0.2) is 53.5 Å². The Kier molecular flexibility index (Phi) is 9.21. The van der Waals surface area contributed by atoms with Crippen molar-refractivity contribution in [1.29, 1.82) is 0 Å². The van der Waals surface area contributed by atoms with Gasteiger partial charge in [0.15, 0.2) is 5.96 Å². The molecule has 1 heterocycles. The van der Waals surface area contributed by atoms with E-state index in [1.807, 2.05) is 12.1 Å². The van der Waals surface area contributed by atoms with E-state index in [2.05, 4.69) is 70.5 Å². The second kappa shape index (κ2) is 11.4. The van der Waals surface area contributed by atoms with Crippen molar-refractivity contribution < 1.29 is 0 Å². The summed E-state index contributed by atoms with van der Waals surface area (Å²) in [5.74, 6) is 0.441. The Morgan fingerprint density at radius 2 is 1.64 bits per heavy atom. The van der Waals surface area contributed by atoms with Crippen LogP contribution in [0, 0.1) is 6.92 Å². The standard InChI is InChI=1S/C22H31N5.HI/c1-18-4-10-21(11-5-18)25-22(23)24-16-19-6-8-20(9-7-19)17-27-13-3-12-26(2)14-15-27;/h4-11H,3,12-17H2,1-2H3,(H3,23,24,25);1H. The van der Waals surface area contributed by atoms with Gasteiger partial charge in [-0.15, -0.1) is 24.0 Å². The molecule has 0 amide bonds. The van der Waals surface area contributed by atoms with Gasteiger partial charge in [0.1, 0.15) is 0 Å². The van der Waals surface area contributed by atoms with E-state index >= 15 is 0 Å². The molecule has 5 nitrogen and oxygen atoms in total. The molecule has 1 aliphatic heterocycles. The van der Waals surface area contributed by atoms with Crippen molar-refractivity contribution >= 4 is 35.6 Å². The Morgan fingerprint density at radius 3 is 2.36 bits per heavy atom. The van der Waals surface area contributed by atoms with Crippen molar-refractivity contribution in [1.82, 2.24) is 9.80 Å². The molecule has 0 unspecified atom stereocenters. The van der Waals surface area contributed by atoms with E-state index in [1.54, 1.807) is 0 Å². The first kappa shape index (κ1) is 22.6. The third kappa shape index (κ3) is 7.41. The number of benzene rings is 2. The monoisotopic (exact) mass is 493 g/mol. The number of halogens is 1. The second-order valence-corrected chi connectivity index (χ2v) is 7.44. The molecule has 2 aromatic carbocycles. The van der Waals surface area contributed by atoms with Gasteiger partial charge in [0, 0.05) is 25.3 Å². The molecule has 28 heavy (non-hydrogen) atoms. The molecular formula is C22H32IN5. The SMILES string of the molecule is Cc1ccc(NC(N)=NCc2ccc(CN3CCCN(C)CC3)cc2)cc1.I. The molecule has 0 atom stereocenters. The molecule has 0 saturated carbocycles. The van der Waals surface area contributed by atoms with Crippen molar-refractivity contribution in [3.63, 3.8) is 0 Å². The Morgan fingerprint density at radius 1 is 0.964 bits per heavy atom. The number of hydrogen-bond acceptors (Lipinski definition) is 3. The largest absolute Gasteiger partial charge is 0.370 e. The minimum atomic E-state index is 0. The maximum Gasteiger partial charge on any atom is 0.193 e. The van der Waals surface area contributed by atoms with Crippen LogP contribution in [0.25, 0.3) is 0 Å². The predicted molar refractivity (Wildman–Crippen MR) is 129 cm³/mol. The minimum Gasteiger partial charge on any atom is -0.370 e. The summed E-state index contributed by atoms with van der Waals surface area (Å²) in [4.78, 5) is 9.40. The molecule has 3 N–H and O–H groups in total. The summed E-state index contributed by atoms with van der Waals surface area (Å²) in [6, 6.07) is 16.9. The number of nitrogens with one attached hydrogen (secondary N) is 1. The van der Waals surface area contributed by atoms with Crippen molar-refractivity contribution in [3.8, 4) is 0 Å². The fourth-order valence-electron chi connectivity index (χ4n) is 3.27. The quantitative estimate of drug-likeness (QED) is 0.379.